The molecule has 2 heterocycles. The van der Waals surface area contributed by atoms with Gasteiger partial charge in [-0.1, -0.05) is 0 Å². The Morgan fingerprint density at radius 3 is 2.79 bits per heavy atom. The van der Waals surface area contributed by atoms with E-state index < -0.39 is 11.7 Å². The molecule has 0 spiro atoms. The lowest BCUT2D eigenvalue weighted by atomic mass is 9.98. The van der Waals surface area contributed by atoms with E-state index in [0.717, 1.165) is 18.8 Å². The average Bonchev–Trinajstić information content (AvgIpc) is 2.37. The molecule has 1 aliphatic heterocycles. The number of nitrogens with one attached hydrogen (secondary N) is 2. The van der Waals surface area contributed by atoms with E-state index in [1.165, 1.54) is 6.07 Å². The highest BCUT2D eigenvalue weighted by molar-refractivity contribution is 5.98. The summed E-state index contributed by atoms with van der Waals surface area (Å²) in [5.41, 5.74) is -0.215. The van der Waals surface area contributed by atoms with Gasteiger partial charge in [0.1, 0.15) is 0 Å². The molecule has 1 atom stereocenters. The predicted molar refractivity (Wildman–Crippen MR) is 66.1 cm³/mol. The first-order chi connectivity index (χ1) is 8.97. The maximum Gasteiger partial charge on any atom is 0.417 e. The number of rotatable bonds is 2. The molecule has 1 aromatic rings. The van der Waals surface area contributed by atoms with Crippen LogP contribution in [0.15, 0.2) is 23.3 Å². The molecule has 1 aliphatic rings. The smallest absolute Gasteiger partial charge is 0.315 e. The van der Waals surface area contributed by atoms with Crippen LogP contribution < -0.4 is 5.32 Å². The van der Waals surface area contributed by atoms with Crippen molar-refractivity contribution >= 4 is 17.7 Å². The minimum absolute atomic E-state index is 0.113. The van der Waals surface area contributed by atoms with Crippen LogP contribution in [0.5, 0.6) is 0 Å². The third kappa shape index (κ3) is 3.60. The highest BCUT2D eigenvalue weighted by Gasteiger charge is 2.30. The topological polar surface area (TPSA) is 61.1 Å². The van der Waals surface area contributed by atoms with Gasteiger partial charge in [0.15, 0.2) is 5.82 Å². The molecule has 0 saturated carbocycles. The lowest BCUT2D eigenvalue weighted by molar-refractivity contribution is -0.137. The summed E-state index contributed by atoms with van der Waals surface area (Å²) in [6, 6.07) is 2.17. The molecule has 2 N–H and O–H groups in total. The molecule has 0 bridgehead atoms. The van der Waals surface area contributed by atoms with Crippen LogP contribution in [-0.2, 0) is 6.18 Å². The van der Waals surface area contributed by atoms with Crippen molar-refractivity contribution in [2.45, 2.75) is 12.6 Å². The highest BCUT2D eigenvalue weighted by Crippen LogP contribution is 2.29. The summed E-state index contributed by atoms with van der Waals surface area (Å²) in [6.07, 6.45) is -1.40. The number of piperidine rings is 1. The zero-order valence-electron chi connectivity index (χ0n) is 10.0. The Kier molecular flexibility index (Phi) is 3.94. The van der Waals surface area contributed by atoms with Crippen LogP contribution in [0.4, 0.5) is 19.0 Å². The Balaban J connectivity index is 2.05. The minimum atomic E-state index is -4.38. The molecule has 2 rings (SSSR count). The van der Waals surface area contributed by atoms with Gasteiger partial charge in [-0.25, -0.2) is 9.98 Å². The van der Waals surface area contributed by atoms with Crippen molar-refractivity contribution in [3.8, 4) is 0 Å². The van der Waals surface area contributed by atoms with Gasteiger partial charge in [-0.3, -0.25) is 0 Å². The van der Waals surface area contributed by atoms with Crippen LogP contribution in [0.3, 0.4) is 0 Å². The van der Waals surface area contributed by atoms with E-state index in [4.69, 9.17) is 5.41 Å². The van der Waals surface area contributed by atoms with E-state index in [0.29, 0.717) is 18.7 Å². The number of aliphatic imine (C=N–C) groups is 1. The van der Waals surface area contributed by atoms with Crippen molar-refractivity contribution in [3.63, 3.8) is 0 Å². The zero-order valence-corrected chi connectivity index (χ0v) is 10.0. The quantitative estimate of drug-likeness (QED) is 0.811. The van der Waals surface area contributed by atoms with Crippen molar-refractivity contribution in [1.82, 2.24) is 10.3 Å². The first kappa shape index (κ1) is 13.7. The second-order valence-electron chi connectivity index (χ2n) is 4.27. The zero-order chi connectivity index (χ0) is 13.9. The van der Waals surface area contributed by atoms with Crippen molar-refractivity contribution in [3.05, 3.63) is 23.9 Å². The lowest BCUT2D eigenvalue weighted by Gasteiger charge is -2.20. The van der Waals surface area contributed by atoms with E-state index >= 15 is 0 Å². The maximum absolute atomic E-state index is 12.3. The Morgan fingerprint density at radius 1 is 1.42 bits per heavy atom. The van der Waals surface area contributed by atoms with Crippen LogP contribution in [0, 0.1) is 11.3 Å². The summed E-state index contributed by atoms with van der Waals surface area (Å²) in [6.45, 7) is 1.41. The molecule has 1 aromatic heterocycles. The molecule has 19 heavy (non-hydrogen) atoms. The van der Waals surface area contributed by atoms with Gasteiger partial charge in [0.25, 0.3) is 0 Å². The largest absolute Gasteiger partial charge is 0.417 e. The van der Waals surface area contributed by atoms with E-state index in [2.05, 4.69) is 15.3 Å². The van der Waals surface area contributed by atoms with Gasteiger partial charge in [-0.05, 0) is 18.6 Å². The predicted octanol–water partition coefficient (Wildman–Crippen LogP) is 2.43. The van der Waals surface area contributed by atoms with Gasteiger partial charge >= 0.3 is 6.18 Å². The number of aromatic nitrogens is 1. The van der Waals surface area contributed by atoms with E-state index in [9.17, 15) is 13.2 Å². The summed E-state index contributed by atoms with van der Waals surface area (Å²) in [5.74, 6) is 0.101. The van der Waals surface area contributed by atoms with Crippen molar-refractivity contribution in [2.75, 3.05) is 13.1 Å². The summed E-state index contributed by atoms with van der Waals surface area (Å²) >= 11 is 0. The first-order valence-corrected chi connectivity index (χ1v) is 5.82. The molecule has 0 aliphatic carbocycles. The van der Waals surface area contributed by atoms with Gasteiger partial charge in [0.05, 0.1) is 5.56 Å². The van der Waals surface area contributed by atoms with Gasteiger partial charge in [0.2, 0.25) is 0 Å². The van der Waals surface area contributed by atoms with Gasteiger partial charge in [-0.15, -0.1) is 0 Å². The number of nitrogens with zero attached hydrogens (tertiary/aromatic N) is 2. The van der Waals surface area contributed by atoms with E-state index in [1.807, 2.05) is 0 Å². The van der Waals surface area contributed by atoms with Crippen LogP contribution in [-0.4, -0.2) is 30.0 Å². The molecular formula is C12H13F3N4. The lowest BCUT2D eigenvalue weighted by Crippen LogP contribution is -2.37. The van der Waals surface area contributed by atoms with Gasteiger partial charge in [-0.2, -0.15) is 13.2 Å². The van der Waals surface area contributed by atoms with Crippen LogP contribution in [0.25, 0.3) is 0 Å². The van der Waals surface area contributed by atoms with Crippen LogP contribution in [0.2, 0.25) is 0 Å². The fourth-order valence-corrected chi connectivity index (χ4v) is 1.73. The average molecular weight is 270 g/mol. The molecule has 0 aromatic carbocycles. The van der Waals surface area contributed by atoms with Crippen molar-refractivity contribution in [2.24, 2.45) is 10.9 Å². The summed E-state index contributed by atoms with van der Waals surface area (Å²) in [5, 5.41) is 10.9. The summed E-state index contributed by atoms with van der Waals surface area (Å²) in [7, 11) is 0. The number of hydrogen-bond donors (Lipinski definition) is 2. The standard InChI is InChI=1S/C12H13F3N4/c13-12(14,15)9-1-2-11(19-7-9)18-6-8-5-17-4-3-10(8)16/h1-2,6-8,16-17H,3-5H2. The summed E-state index contributed by atoms with van der Waals surface area (Å²) in [4.78, 5) is 7.66. The Bertz CT molecular complexity index is 479. The SMILES string of the molecule is N=C1CCNCC1C=Nc1ccc(C(F)(F)F)cn1. The van der Waals surface area contributed by atoms with Gasteiger partial charge < -0.3 is 10.7 Å². The normalized spacial score (nSPS) is 21.0. The summed E-state index contributed by atoms with van der Waals surface area (Å²) < 4.78 is 37.0. The van der Waals surface area contributed by atoms with E-state index in [1.54, 1.807) is 6.21 Å². The third-order valence-electron chi connectivity index (χ3n) is 2.84. The molecule has 1 unspecified atom stereocenters. The number of pyridine rings is 1. The van der Waals surface area contributed by atoms with Crippen LogP contribution in [0.1, 0.15) is 12.0 Å². The molecular weight excluding hydrogens is 257 g/mol. The molecule has 102 valence electrons. The van der Waals surface area contributed by atoms with Gasteiger partial charge in [0, 0.05) is 37.1 Å². The Hall–Kier alpha value is -1.76. The monoisotopic (exact) mass is 270 g/mol. The maximum atomic E-state index is 12.3. The molecule has 7 heteroatoms. The van der Waals surface area contributed by atoms with Crippen molar-refractivity contribution in [1.29, 1.82) is 5.41 Å². The minimum Gasteiger partial charge on any atom is -0.315 e. The highest BCUT2D eigenvalue weighted by atomic mass is 19.4. The molecule has 0 radical (unpaired) electrons. The number of hydrogen-bond acceptors (Lipinski definition) is 4. The fourth-order valence-electron chi connectivity index (χ4n) is 1.73. The Morgan fingerprint density at radius 2 is 2.21 bits per heavy atom. The fraction of sp³-hybridized carbons (Fsp3) is 0.417. The number of halogens is 3. The molecule has 0 amide bonds. The first-order valence-electron chi connectivity index (χ1n) is 5.82. The second-order valence-corrected chi connectivity index (χ2v) is 4.27. The molecule has 1 fully saturated rings. The van der Waals surface area contributed by atoms with Crippen molar-refractivity contribution < 1.29 is 13.2 Å². The van der Waals surface area contributed by atoms with E-state index in [-0.39, 0.29) is 11.7 Å². The molecule has 4 nitrogen and oxygen atoms in total. The third-order valence-corrected chi connectivity index (χ3v) is 2.84. The molecule has 1 saturated heterocycles. The Labute approximate surface area is 108 Å². The number of alkyl halides is 3. The second kappa shape index (κ2) is 5.48. The van der Waals surface area contributed by atoms with Crippen LogP contribution >= 0.6 is 0 Å².